The van der Waals surface area contributed by atoms with Gasteiger partial charge >= 0.3 is 0 Å². The van der Waals surface area contributed by atoms with Gasteiger partial charge < -0.3 is 5.11 Å². The normalized spacial score (nSPS) is 30.4. The lowest BCUT2D eigenvalue weighted by Gasteiger charge is -2.21. The summed E-state index contributed by atoms with van der Waals surface area (Å²) in [5, 5.41) is 10.2. The molecular weight excluding hydrogens is 210 g/mol. The molecule has 0 bridgehead atoms. The number of fused-ring (bicyclic) bond motifs is 1. The van der Waals surface area contributed by atoms with Gasteiger partial charge in [-0.1, -0.05) is 36.8 Å². The van der Waals surface area contributed by atoms with Crippen LogP contribution in [0.3, 0.4) is 0 Å². The second kappa shape index (κ2) is 4.79. The molecule has 2 aliphatic rings. The van der Waals surface area contributed by atoms with Crippen LogP contribution < -0.4 is 0 Å². The highest BCUT2D eigenvalue weighted by molar-refractivity contribution is 5.17. The van der Waals surface area contributed by atoms with Gasteiger partial charge in [0.2, 0.25) is 0 Å². The van der Waals surface area contributed by atoms with E-state index in [9.17, 15) is 5.11 Å². The number of aliphatic hydroxyl groups is 1. The third kappa shape index (κ3) is 2.38. The fraction of sp³-hybridized carbons (Fsp3) is 0.600. The number of likely N-dealkylation sites (tertiary alicyclic amines) is 1. The number of hydrogen-bond acceptors (Lipinski definition) is 2. The second-order valence-electron chi connectivity index (χ2n) is 5.60. The molecule has 17 heavy (non-hydrogen) atoms. The zero-order chi connectivity index (χ0) is 11.7. The van der Waals surface area contributed by atoms with Crippen molar-refractivity contribution in [2.24, 2.45) is 11.8 Å². The van der Waals surface area contributed by atoms with Crippen molar-refractivity contribution in [1.29, 1.82) is 0 Å². The van der Waals surface area contributed by atoms with Crippen LogP contribution in [0.1, 0.15) is 30.9 Å². The van der Waals surface area contributed by atoms with Gasteiger partial charge in [0.1, 0.15) is 0 Å². The minimum Gasteiger partial charge on any atom is -0.387 e. The quantitative estimate of drug-likeness (QED) is 0.863. The predicted molar refractivity (Wildman–Crippen MR) is 68.7 cm³/mol. The minimum atomic E-state index is -0.324. The van der Waals surface area contributed by atoms with E-state index in [1.54, 1.807) is 0 Å². The summed E-state index contributed by atoms with van der Waals surface area (Å²) >= 11 is 0. The highest BCUT2D eigenvalue weighted by Gasteiger charge is 2.36. The van der Waals surface area contributed by atoms with Gasteiger partial charge in [-0.15, -0.1) is 0 Å². The topological polar surface area (TPSA) is 23.5 Å². The maximum Gasteiger partial charge on any atom is 0.0916 e. The van der Waals surface area contributed by atoms with Crippen molar-refractivity contribution in [1.82, 2.24) is 4.90 Å². The first-order valence-corrected chi connectivity index (χ1v) is 6.78. The Balaban J connectivity index is 1.58. The van der Waals surface area contributed by atoms with Crippen molar-refractivity contribution in [3.05, 3.63) is 35.9 Å². The molecule has 1 aliphatic carbocycles. The summed E-state index contributed by atoms with van der Waals surface area (Å²) in [6.45, 7) is 3.21. The molecule has 0 radical (unpaired) electrons. The Morgan fingerprint density at radius 2 is 1.76 bits per heavy atom. The smallest absolute Gasteiger partial charge is 0.0916 e. The number of rotatable bonds is 3. The standard InChI is InChI=1S/C15H21NO/c17-15(12-5-2-1-3-6-12)11-16-9-13-7-4-8-14(13)10-16/h1-3,5-6,13-15,17H,4,7-11H2/t13-,14+,15?. The number of nitrogens with zero attached hydrogens (tertiary/aromatic N) is 1. The molecule has 2 nitrogen and oxygen atoms in total. The monoisotopic (exact) mass is 231 g/mol. The van der Waals surface area contributed by atoms with Crippen LogP contribution in [-0.4, -0.2) is 29.6 Å². The maximum atomic E-state index is 10.2. The fourth-order valence-electron chi connectivity index (χ4n) is 3.51. The Bertz CT molecular complexity index is 352. The second-order valence-corrected chi connectivity index (χ2v) is 5.60. The summed E-state index contributed by atoms with van der Waals surface area (Å²) in [7, 11) is 0. The van der Waals surface area contributed by atoms with E-state index in [0.717, 1.165) is 23.9 Å². The molecule has 0 aromatic heterocycles. The van der Waals surface area contributed by atoms with Gasteiger partial charge in [0.05, 0.1) is 6.10 Å². The minimum absolute atomic E-state index is 0.324. The van der Waals surface area contributed by atoms with Crippen molar-refractivity contribution in [2.75, 3.05) is 19.6 Å². The van der Waals surface area contributed by atoms with E-state index in [4.69, 9.17) is 0 Å². The Hall–Kier alpha value is -0.860. The molecule has 1 saturated heterocycles. The summed E-state index contributed by atoms with van der Waals surface area (Å²) in [6, 6.07) is 10.0. The number of aliphatic hydroxyl groups excluding tert-OH is 1. The Morgan fingerprint density at radius 1 is 1.12 bits per heavy atom. The van der Waals surface area contributed by atoms with Crippen LogP contribution in [0, 0.1) is 11.8 Å². The van der Waals surface area contributed by atoms with Crippen LogP contribution in [0.15, 0.2) is 30.3 Å². The Kier molecular flexibility index (Phi) is 3.17. The molecule has 2 heteroatoms. The highest BCUT2D eigenvalue weighted by atomic mass is 16.3. The van der Waals surface area contributed by atoms with E-state index in [2.05, 4.69) is 4.90 Å². The third-order valence-corrected chi connectivity index (χ3v) is 4.42. The van der Waals surface area contributed by atoms with Gasteiger partial charge in [0, 0.05) is 19.6 Å². The van der Waals surface area contributed by atoms with Gasteiger partial charge in [-0.05, 0) is 30.2 Å². The summed E-state index contributed by atoms with van der Waals surface area (Å²) in [4.78, 5) is 2.45. The van der Waals surface area contributed by atoms with Crippen LogP contribution in [0.2, 0.25) is 0 Å². The van der Waals surface area contributed by atoms with Crippen molar-refractivity contribution in [3.63, 3.8) is 0 Å². The van der Waals surface area contributed by atoms with E-state index in [1.807, 2.05) is 30.3 Å². The number of benzene rings is 1. The average molecular weight is 231 g/mol. The van der Waals surface area contributed by atoms with E-state index in [-0.39, 0.29) is 6.10 Å². The van der Waals surface area contributed by atoms with Crippen molar-refractivity contribution in [2.45, 2.75) is 25.4 Å². The van der Waals surface area contributed by atoms with Gasteiger partial charge in [-0.3, -0.25) is 4.90 Å². The summed E-state index contributed by atoms with van der Waals surface area (Å²) in [5.74, 6) is 1.83. The first kappa shape index (κ1) is 11.2. The largest absolute Gasteiger partial charge is 0.387 e. The summed E-state index contributed by atoms with van der Waals surface area (Å²) < 4.78 is 0. The van der Waals surface area contributed by atoms with Crippen molar-refractivity contribution >= 4 is 0 Å². The number of β-amino-alcohol motifs (C(OH)–C–C–N with tert-alkyl or cyclic N) is 1. The molecule has 3 rings (SSSR count). The average Bonchev–Trinajstić information content (AvgIpc) is 2.90. The van der Waals surface area contributed by atoms with Gasteiger partial charge in [-0.2, -0.15) is 0 Å². The molecule has 1 unspecified atom stereocenters. The molecule has 1 aromatic rings. The molecule has 0 spiro atoms. The lowest BCUT2D eigenvalue weighted by Crippen LogP contribution is -2.27. The predicted octanol–water partition coefficient (Wildman–Crippen LogP) is 2.45. The Morgan fingerprint density at radius 3 is 2.41 bits per heavy atom. The maximum absolute atomic E-state index is 10.2. The van der Waals surface area contributed by atoms with Gasteiger partial charge in [0.15, 0.2) is 0 Å². The zero-order valence-electron chi connectivity index (χ0n) is 10.3. The van der Waals surface area contributed by atoms with E-state index >= 15 is 0 Å². The van der Waals surface area contributed by atoms with E-state index < -0.39 is 0 Å². The number of hydrogen-bond donors (Lipinski definition) is 1. The van der Waals surface area contributed by atoms with Crippen LogP contribution >= 0.6 is 0 Å². The van der Waals surface area contributed by atoms with E-state index in [1.165, 1.54) is 32.4 Å². The third-order valence-electron chi connectivity index (χ3n) is 4.42. The van der Waals surface area contributed by atoms with Crippen molar-refractivity contribution < 1.29 is 5.11 Å². The highest BCUT2D eigenvalue weighted by Crippen LogP contribution is 2.38. The fourth-order valence-corrected chi connectivity index (χ4v) is 3.51. The first-order chi connectivity index (χ1) is 8.33. The molecule has 1 aliphatic heterocycles. The molecule has 1 aromatic carbocycles. The lowest BCUT2D eigenvalue weighted by atomic mass is 10.0. The summed E-state index contributed by atoms with van der Waals surface area (Å²) in [5.41, 5.74) is 1.05. The molecule has 2 fully saturated rings. The first-order valence-electron chi connectivity index (χ1n) is 6.78. The lowest BCUT2D eigenvalue weighted by molar-refractivity contribution is 0.122. The van der Waals surface area contributed by atoms with E-state index in [0.29, 0.717) is 0 Å². The molecule has 1 heterocycles. The molecule has 3 atom stereocenters. The van der Waals surface area contributed by atoms with Crippen LogP contribution in [0.5, 0.6) is 0 Å². The van der Waals surface area contributed by atoms with Crippen molar-refractivity contribution in [3.8, 4) is 0 Å². The zero-order valence-corrected chi connectivity index (χ0v) is 10.3. The Labute approximate surface area is 103 Å². The molecule has 1 N–H and O–H groups in total. The van der Waals surface area contributed by atoms with Gasteiger partial charge in [0.25, 0.3) is 0 Å². The summed E-state index contributed by atoms with van der Waals surface area (Å²) in [6.07, 6.45) is 3.91. The molecule has 92 valence electrons. The SMILES string of the molecule is OC(CN1C[C@H]2CCC[C@H]2C1)c1ccccc1. The molecular formula is C15H21NO. The molecule has 1 saturated carbocycles. The van der Waals surface area contributed by atoms with Crippen LogP contribution in [0.25, 0.3) is 0 Å². The van der Waals surface area contributed by atoms with Crippen LogP contribution in [-0.2, 0) is 0 Å². The molecule has 0 amide bonds. The van der Waals surface area contributed by atoms with Gasteiger partial charge in [-0.25, -0.2) is 0 Å². The van der Waals surface area contributed by atoms with Crippen LogP contribution in [0.4, 0.5) is 0 Å².